The summed E-state index contributed by atoms with van der Waals surface area (Å²) in [6.07, 6.45) is 1.49. The van der Waals surface area contributed by atoms with E-state index in [2.05, 4.69) is 42.2 Å². The van der Waals surface area contributed by atoms with Crippen molar-refractivity contribution >= 4 is 55.1 Å². The average molecular weight is 420 g/mol. The lowest BCUT2D eigenvalue weighted by molar-refractivity contribution is 0.102. The SMILES string of the molecule is COc1ccc(Br)c(C(=O)Nc2cnc(Cl)c(Br)c2)c1. The lowest BCUT2D eigenvalue weighted by Crippen LogP contribution is -2.13. The van der Waals surface area contributed by atoms with Gasteiger partial charge in [0.2, 0.25) is 0 Å². The lowest BCUT2D eigenvalue weighted by Gasteiger charge is -2.09. The molecule has 0 aliphatic heterocycles. The Morgan fingerprint density at radius 2 is 2.05 bits per heavy atom. The van der Waals surface area contributed by atoms with Crippen LogP contribution in [-0.4, -0.2) is 18.0 Å². The van der Waals surface area contributed by atoms with Crippen molar-refractivity contribution in [3.63, 3.8) is 0 Å². The Morgan fingerprint density at radius 1 is 1.30 bits per heavy atom. The summed E-state index contributed by atoms with van der Waals surface area (Å²) in [4.78, 5) is 16.2. The highest BCUT2D eigenvalue weighted by Crippen LogP contribution is 2.25. The van der Waals surface area contributed by atoms with Gasteiger partial charge in [-0.1, -0.05) is 11.6 Å². The first-order valence-corrected chi connectivity index (χ1v) is 7.43. The molecule has 0 aliphatic rings. The smallest absolute Gasteiger partial charge is 0.256 e. The molecule has 0 unspecified atom stereocenters. The molecule has 4 nitrogen and oxygen atoms in total. The van der Waals surface area contributed by atoms with Crippen LogP contribution in [0.15, 0.2) is 39.4 Å². The number of nitrogens with zero attached hydrogens (tertiary/aromatic N) is 1. The molecule has 20 heavy (non-hydrogen) atoms. The molecule has 2 rings (SSSR count). The molecule has 0 atom stereocenters. The summed E-state index contributed by atoms with van der Waals surface area (Å²) in [6.45, 7) is 0. The molecule has 1 heterocycles. The van der Waals surface area contributed by atoms with Gasteiger partial charge in [0.05, 0.1) is 29.0 Å². The molecule has 7 heteroatoms. The minimum atomic E-state index is -0.271. The van der Waals surface area contributed by atoms with E-state index in [0.29, 0.717) is 31.1 Å². The zero-order valence-electron chi connectivity index (χ0n) is 10.3. The third kappa shape index (κ3) is 3.50. The molecule has 0 bridgehead atoms. The molecular weight excluding hydrogens is 411 g/mol. The van der Waals surface area contributed by atoms with Crippen LogP contribution in [0, 0.1) is 0 Å². The van der Waals surface area contributed by atoms with Crippen molar-refractivity contribution in [2.45, 2.75) is 0 Å². The summed E-state index contributed by atoms with van der Waals surface area (Å²) in [7, 11) is 1.55. The quantitative estimate of drug-likeness (QED) is 0.743. The van der Waals surface area contributed by atoms with Crippen molar-refractivity contribution in [2.24, 2.45) is 0 Å². The van der Waals surface area contributed by atoms with Gasteiger partial charge in [-0.25, -0.2) is 4.98 Å². The molecule has 1 aromatic heterocycles. The summed E-state index contributed by atoms with van der Waals surface area (Å²) >= 11 is 12.4. The summed E-state index contributed by atoms with van der Waals surface area (Å²) in [5, 5.41) is 3.08. The van der Waals surface area contributed by atoms with Gasteiger partial charge < -0.3 is 10.1 Å². The Hall–Kier alpha value is -1.11. The number of hydrogen-bond donors (Lipinski definition) is 1. The van der Waals surface area contributed by atoms with Crippen LogP contribution in [0.5, 0.6) is 5.75 Å². The number of benzene rings is 1. The zero-order valence-corrected chi connectivity index (χ0v) is 14.2. The van der Waals surface area contributed by atoms with E-state index >= 15 is 0 Å². The van der Waals surface area contributed by atoms with Gasteiger partial charge in [0.15, 0.2) is 0 Å². The highest BCUT2D eigenvalue weighted by atomic mass is 79.9. The Morgan fingerprint density at radius 3 is 2.70 bits per heavy atom. The number of methoxy groups -OCH3 is 1. The number of hydrogen-bond acceptors (Lipinski definition) is 3. The summed E-state index contributed by atoms with van der Waals surface area (Å²) in [6, 6.07) is 6.85. The van der Waals surface area contributed by atoms with Gasteiger partial charge in [-0.3, -0.25) is 4.79 Å². The van der Waals surface area contributed by atoms with E-state index in [1.807, 2.05) is 0 Å². The predicted octanol–water partition coefficient (Wildman–Crippen LogP) is 4.52. The average Bonchev–Trinajstić information content (AvgIpc) is 2.43. The zero-order chi connectivity index (χ0) is 14.7. The van der Waals surface area contributed by atoms with Crippen molar-refractivity contribution in [3.8, 4) is 5.75 Å². The van der Waals surface area contributed by atoms with E-state index in [1.165, 1.54) is 6.20 Å². The van der Waals surface area contributed by atoms with Crippen LogP contribution in [0.3, 0.4) is 0 Å². The highest BCUT2D eigenvalue weighted by molar-refractivity contribution is 9.10. The highest BCUT2D eigenvalue weighted by Gasteiger charge is 2.12. The van der Waals surface area contributed by atoms with Crippen LogP contribution in [0.25, 0.3) is 0 Å². The first kappa shape index (κ1) is 15.3. The fourth-order valence-electron chi connectivity index (χ4n) is 1.49. The van der Waals surface area contributed by atoms with Crippen molar-refractivity contribution in [3.05, 3.63) is 50.1 Å². The normalized spacial score (nSPS) is 10.2. The molecule has 0 saturated heterocycles. The summed E-state index contributed by atoms with van der Waals surface area (Å²) in [5.41, 5.74) is 1.01. The maximum Gasteiger partial charge on any atom is 0.256 e. The number of halogens is 3. The first-order chi connectivity index (χ1) is 9.51. The van der Waals surface area contributed by atoms with Gasteiger partial charge in [-0.15, -0.1) is 0 Å². The predicted molar refractivity (Wildman–Crippen MR) is 85.6 cm³/mol. The third-order valence-corrected chi connectivity index (χ3v) is 4.30. The number of rotatable bonds is 3. The fraction of sp³-hybridized carbons (Fsp3) is 0.0769. The van der Waals surface area contributed by atoms with Crippen molar-refractivity contribution in [2.75, 3.05) is 12.4 Å². The van der Waals surface area contributed by atoms with Gasteiger partial charge in [0, 0.05) is 4.47 Å². The van der Waals surface area contributed by atoms with E-state index in [-0.39, 0.29) is 5.91 Å². The Balaban J connectivity index is 2.25. The van der Waals surface area contributed by atoms with E-state index in [0.717, 1.165) is 0 Å². The maximum absolute atomic E-state index is 12.2. The van der Waals surface area contributed by atoms with Gasteiger partial charge >= 0.3 is 0 Å². The molecule has 1 N–H and O–H groups in total. The van der Waals surface area contributed by atoms with E-state index in [9.17, 15) is 4.79 Å². The van der Waals surface area contributed by atoms with Crippen LogP contribution in [0.4, 0.5) is 5.69 Å². The maximum atomic E-state index is 12.2. The Labute approximate surface area is 137 Å². The molecule has 0 fully saturated rings. The number of pyridine rings is 1. The first-order valence-electron chi connectivity index (χ1n) is 5.47. The number of carbonyl (C=O) groups excluding carboxylic acids is 1. The molecule has 0 aliphatic carbocycles. The van der Waals surface area contributed by atoms with Crippen molar-refractivity contribution in [1.82, 2.24) is 4.98 Å². The minimum Gasteiger partial charge on any atom is -0.497 e. The number of carbonyl (C=O) groups is 1. The summed E-state index contributed by atoms with van der Waals surface area (Å²) in [5.74, 6) is 0.334. The van der Waals surface area contributed by atoms with Crippen LogP contribution >= 0.6 is 43.5 Å². The van der Waals surface area contributed by atoms with Crippen LogP contribution in [0.2, 0.25) is 5.15 Å². The Bertz CT molecular complexity index is 665. The standard InChI is InChI=1S/C13H9Br2ClN2O2/c1-20-8-2-3-10(14)9(5-8)13(19)18-7-4-11(15)12(16)17-6-7/h2-6H,1H3,(H,18,19). The van der Waals surface area contributed by atoms with Crippen molar-refractivity contribution < 1.29 is 9.53 Å². The molecule has 0 spiro atoms. The molecule has 1 amide bonds. The van der Waals surface area contributed by atoms with Crippen LogP contribution in [0.1, 0.15) is 10.4 Å². The Kier molecular flexibility index (Phi) is 5.01. The van der Waals surface area contributed by atoms with Crippen LogP contribution in [-0.2, 0) is 0 Å². The molecule has 104 valence electrons. The number of nitrogens with one attached hydrogen (secondary N) is 1. The number of anilines is 1. The lowest BCUT2D eigenvalue weighted by atomic mass is 10.2. The van der Waals surface area contributed by atoms with E-state index in [1.54, 1.807) is 31.4 Å². The van der Waals surface area contributed by atoms with Crippen molar-refractivity contribution in [1.29, 1.82) is 0 Å². The van der Waals surface area contributed by atoms with E-state index < -0.39 is 0 Å². The molecule has 0 radical (unpaired) electrons. The second kappa shape index (κ2) is 6.56. The molecular formula is C13H9Br2ClN2O2. The number of ether oxygens (including phenoxy) is 1. The van der Waals surface area contributed by atoms with Gasteiger partial charge in [0.25, 0.3) is 5.91 Å². The molecule has 0 saturated carbocycles. The third-order valence-electron chi connectivity index (χ3n) is 2.47. The van der Waals surface area contributed by atoms with Gasteiger partial charge in [0.1, 0.15) is 10.9 Å². The summed E-state index contributed by atoms with van der Waals surface area (Å²) < 4.78 is 6.40. The molecule has 1 aromatic carbocycles. The monoisotopic (exact) mass is 418 g/mol. The fourth-order valence-corrected chi connectivity index (χ4v) is 2.37. The molecule has 2 aromatic rings. The topological polar surface area (TPSA) is 51.2 Å². The largest absolute Gasteiger partial charge is 0.497 e. The van der Waals surface area contributed by atoms with E-state index in [4.69, 9.17) is 16.3 Å². The van der Waals surface area contributed by atoms with Crippen LogP contribution < -0.4 is 10.1 Å². The second-order valence-electron chi connectivity index (χ2n) is 3.80. The number of amides is 1. The van der Waals surface area contributed by atoms with Gasteiger partial charge in [-0.2, -0.15) is 0 Å². The number of aromatic nitrogens is 1. The minimum absolute atomic E-state index is 0.271. The van der Waals surface area contributed by atoms with Gasteiger partial charge in [-0.05, 0) is 56.1 Å². The second-order valence-corrected chi connectivity index (χ2v) is 5.86.